The van der Waals surface area contributed by atoms with Crippen LogP contribution in [0.2, 0.25) is 0 Å². The Labute approximate surface area is 80.8 Å². The van der Waals surface area contributed by atoms with Gasteiger partial charge in [0.2, 0.25) is 0 Å². The smallest absolute Gasteiger partial charge is 0.0590 e. The molecule has 0 amide bonds. The minimum Gasteiger partial charge on any atom is -0.380 e. The van der Waals surface area contributed by atoms with Crippen molar-refractivity contribution < 1.29 is 0 Å². The van der Waals surface area contributed by atoms with Gasteiger partial charge in [0.15, 0.2) is 0 Å². The van der Waals surface area contributed by atoms with E-state index in [0.717, 1.165) is 22.3 Å². The second-order valence-electron chi connectivity index (χ2n) is 2.67. The molecule has 0 aliphatic heterocycles. The zero-order chi connectivity index (χ0) is 8.97. The van der Waals surface area contributed by atoms with E-state index in [1.807, 2.05) is 13.0 Å². The van der Waals surface area contributed by atoms with Crippen molar-refractivity contribution >= 4 is 21.6 Å². The van der Waals surface area contributed by atoms with Crippen LogP contribution in [0, 0.1) is 0 Å². The van der Waals surface area contributed by atoms with Crippen LogP contribution >= 0.6 is 15.9 Å². The van der Waals surface area contributed by atoms with Crippen LogP contribution in [-0.4, -0.2) is 11.5 Å². The Morgan fingerprint density at radius 3 is 3.08 bits per heavy atom. The number of hydrogen-bond donors (Lipinski definition) is 1. The van der Waals surface area contributed by atoms with Gasteiger partial charge in [-0.2, -0.15) is 0 Å². The normalized spacial score (nSPS) is 9.50. The van der Waals surface area contributed by atoms with Gasteiger partial charge in [-0.25, -0.2) is 0 Å². The molecule has 1 N–H and O–H groups in total. The first kappa shape index (κ1) is 9.26. The Kier molecular flexibility index (Phi) is 3.29. The van der Waals surface area contributed by atoms with Crippen LogP contribution in [0.3, 0.4) is 0 Å². The summed E-state index contributed by atoms with van der Waals surface area (Å²) in [5, 5.41) is 3.23. The Balaban J connectivity index is 2.63. The van der Waals surface area contributed by atoms with Crippen molar-refractivity contribution in [3.05, 3.63) is 35.1 Å². The Hall–Kier alpha value is -0.830. The van der Waals surface area contributed by atoms with Crippen molar-refractivity contribution in [2.75, 3.05) is 11.9 Å². The first-order valence-electron chi connectivity index (χ1n) is 3.68. The minimum absolute atomic E-state index is 0.794. The van der Waals surface area contributed by atoms with Crippen LogP contribution < -0.4 is 5.32 Å². The van der Waals surface area contributed by atoms with Gasteiger partial charge in [0.25, 0.3) is 0 Å². The second kappa shape index (κ2) is 4.26. The van der Waals surface area contributed by atoms with Gasteiger partial charge in [-0.1, -0.05) is 12.2 Å². The summed E-state index contributed by atoms with van der Waals surface area (Å²) in [6, 6.07) is 1.92. The van der Waals surface area contributed by atoms with E-state index in [1.54, 1.807) is 12.4 Å². The summed E-state index contributed by atoms with van der Waals surface area (Å²) in [5.41, 5.74) is 2.16. The van der Waals surface area contributed by atoms with Crippen LogP contribution in [0.4, 0.5) is 5.69 Å². The summed E-state index contributed by atoms with van der Waals surface area (Å²) in [7, 11) is 0. The molecule has 2 nitrogen and oxygen atoms in total. The topological polar surface area (TPSA) is 24.9 Å². The maximum Gasteiger partial charge on any atom is 0.0590 e. The summed E-state index contributed by atoms with van der Waals surface area (Å²) in [5.74, 6) is 0. The number of aromatic nitrogens is 1. The fourth-order valence-electron chi connectivity index (χ4n) is 0.765. The van der Waals surface area contributed by atoms with Crippen LogP contribution in [-0.2, 0) is 0 Å². The van der Waals surface area contributed by atoms with Gasteiger partial charge < -0.3 is 5.32 Å². The highest BCUT2D eigenvalue weighted by atomic mass is 79.9. The van der Waals surface area contributed by atoms with Gasteiger partial charge in [0.05, 0.1) is 10.2 Å². The summed E-state index contributed by atoms with van der Waals surface area (Å²) in [4.78, 5) is 3.96. The van der Waals surface area contributed by atoms with E-state index in [9.17, 15) is 0 Å². The first-order valence-corrected chi connectivity index (χ1v) is 4.47. The number of hydrogen-bond acceptors (Lipinski definition) is 2. The van der Waals surface area contributed by atoms with Crippen LogP contribution in [0.15, 0.2) is 35.1 Å². The molecule has 3 heteroatoms. The van der Waals surface area contributed by atoms with E-state index in [2.05, 4.69) is 32.8 Å². The molecule has 1 rings (SSSR count). The molecule has 0 spiro atoms. The van der Waals surface area contributed by atoms with E-state index < -0.39 is 0 Å². The number of nitrogens with zero attached hydrogens (tertiary/aromatic N) is 1. The molecule has 0 unspecified atom stereocenters. The van der Waals surface area contributed by atoms with Crippen molar-refractivity contribution in [1.29, 1.82) is 0 Å². The van der Waals surface area contributed by atoms with Gasteiger partial charge in [-0.15, -0.1) is 0 Å². The summed E-state index contributed by atoms with van der Waals surface area (Å²) >= 11 is 3.39. The third-order valence-electron chi connectivity index (χ3n) is 1.35. The van der Waals surface area contributed by atoms with Gasteiger partial charge in [0.1, 0.15) is 0 Å². The number of rotatable bonds is 3. The Morgan fingerprint density at radius 2 is 2.50 bits per heavy atom. The average molecular weight is 227 g/mol. The average Bonchev–Trinajstić information content (AvgIpc) is 2.03. The maximum atomic E-state index is 3.96. The zero-order valence-electron chi connectivity index (χ0n) is 6.97. The van der Waals surface area contributed by atoms with Crippen molar-refractivity contribution in [2.45, 2.75) is 6.92 Å². The molecule has 0 aliphatic rings. The van der Waals surface area contributed by atoms with Gasteiger partial charge >= 0.3 is 0 Å². The first-order chi connectivity index (χ1) is 5.70. The summed E-state index contributed by atoms with van der Waals surface area (Å²) in [6.45, 7) is 6.59. The van der Waals surface area contributed by atoms with E-state index in [0.29, 0.717) is 0 Å². The molecule has 0 aliphatic carbocycles. The van der Waals surface area contributed by atoms with E-state index >= 15 is 0 Å². The molecule has 1 heterocycles. The highest BCUT2D eigenvalue weighted by Crippen LogP contribution is 2.19. The molecule has 64 valence electrons. The zero-order valence-corrected chi connectivity index (χ0v) is 8.56. The monoisotopic (exact) mass is 226 g/mol. The van der Waals surface area contributed by atoms with Crippen LogP contribution in [0.5, 0.6) is 0 Å². The fraction of sp³-hybridized carbons (Fsp3) is 0.222. The molecule has 0 aromatic carbocycles. The molecular weight excluding hydrogens is 216 g/mol. The molecule has 12 heavy (non-hydrogen) atoms. The quantitative estimate of drug-likeness (QED) is 0.803. The molecule has 1 aromatic heterocycles. The molecule has 0 radical (unpaired) electrons. The maximum absolute atomic E-state index is 3.96. The molecule has 0 fully saturated rings. The van der Waals surface area contributed by atoms with Gasteiger partial charge in [0, 0.05) is 18.9 Å². The third kappa shape index (κ3) is 2.66. The van der Waals surface area contributed by atoms with Crippen molar-refractivity contribution in [1.82, 2.24) is 4.98 Å². The van der Waals surface area contributed by atoms with Crippen molar-refractivity contribution in [2.24, 2.45) is 0 Å². The Bertz CT molecular complexity index is 284. The molecule has 1 aromatic rings. The molecule has 0 bridgehead atoms. The predicted molar refractivity (Wildman–Crippen MR) is 55.2 cm³/mol. The lowest BCUT2D eigenvalue weighted by Gasteiger charge is -2.06. The minimum atomic E-state index is 0.794. The lowest BCUT2D eigenvalue weighted by molar-refractivity contribution is 1.20. The van der Waals surface area contributed by atoms with Gasteiger partial charge in [-0.05, 0) is 28.9 Å². The van der Waals surface area contributed by atoms with Crippen molar-refractivity contribution in [3.63, 3.8) is 0 Å². The molecule has 0 atom stereocenters. The highest BCUT2D eigenvalue weighted by molar-refractivity contribution is 9.10. The van der Waals surface area contributed by atoms with E-state index in [1.165, 1.54) is 0 Å². The number of pyridine rings is 1. The molecule has 0 saturated heterocycles. The molecular formula is C9H11BrN2. The number of nitrogens with one attached hydrogen (secondary N) is 1. The van der Waals surface area contributed by atoms with E-state index in [4.69, 9.17) is 0 Å². The third-order valence-corrected chi connectivity index (χ3v) is 1.98. The standard InChI is InChI=1S/C9H11BrN2/c1-7(2)5-12-9-3-4-11-6-8(9)10/h3-4,6H,1,5H2,2H3,(H,11,12). The van der Waals surface area contributed by atoms with Crippen molar-refractivity contribution in [3.8, 4) is 0 Å². The molecule has 0 saturated carbocycles. The summed E-state index contributed by atoms with van der Waals surface area (Å²) < 4.78 is 0.978. The second-order valence-corrected chi connectivity index (χ2v) is 3.52. The highest BCUT2D eigenvalue weighted by Gasteiger charge is 1.96. The van der Waals surface area contributed by atoms with Crippen LogP contribution in [0.1, 0.15) is 6.92 Å². The summed E-state index contributed by atoms with van der Waals surface area (Å²) in [6.07, 6.45) is 3.52. The van der Waals surface area contributed by atoms with E-state index in [-0.39, 0.29) is 0 Å². The lowest BCUT2D eigenvalue weighted by atomic mass is 10.3. The number of halogens is 1. The lowest BCUT2D eigenvalue weighted by Crippen LogP contribution is -2.02. The van der Waals surface area contributed by atoms with Gasteiger partial charge in [-0.3, -0.25) is 4.98 Å². The van der Waals surface area contributed by atoms with Crippen LogP contribution in [0.25, 0.3) is 0 Å². The SMILES string of the molecule is C=C(C)CNc1ccncc1Br. The number of anilines is 1. The fourth-order valence-corrected chi connectivity index (χ4v) is 1.16. The predicted octanol–water partition coefficient (Wildman–Crippen LogP) is 2.83. The largest absolute Gasteiger partial charge is 0.380 e. The Morgan fingerprint density at radius 1 is 1.75 bits per heavy atom.